The van der Waals surface area contributed by atoms with Gasteiger partial charge in [0.15, 0.2) is 11.8 Å². The van der Waals surface area contributed by atoms with Crippen LogP contribution in [0.15, 0.2) is 23.2 Å². The standard InChI is InChI=1S/C11H13N5/c1-7-2-3-8-9(6-7)15-16-10(8)14-11-12-4-5-13-11/h2-3,6H,4-5H2,1H3,(H3,12,13,14,15,16). The highest BCUT2D eigenvalue weighted by molar-refractivity contribution is 6.01. The molecule has 16 heavy (non-hydrogen) atoms. The molecule has 3 N–H and O–H groups in total. The van der Waals surface area contributed by atoms with Crippen LogP contribution in [-0.2, 0) is 0 Å². The molecule has 0 saturated heterocycles. The Balaban J connectivity index is 1.97. The number of anilines is 1. The first kappa shape index (κ1) is 9.21. The number of fused-ring (bicyclic) bond motifs is 1. The molecule has 1 aliphatic heterocycles. The summed E-state index contributed by atoms with van der Waals surface area (Å²) in [5, 5.41) is 14.7. The zero-order chi connectivity index (χ0) is 11.0. The molecule has 1 aliphatic rings. The average Bonchev–Trinajstić information content (AvgIpc) is 2.89. The van der Waals surface area contributed by atoms with Crippen molar-refractivity contribution in [3.63, 3.8) is 0 Å². The second-order valence-electron chi connectivity index (χ2n) is 3.90. The average molecular weight is 215 g/mol. The number of aliphatic imine (C=N–C) groups is 1. The van der Waals surface area contributed by atoms with Crippen LogP contribution in [0.4, 0.5) is 5.82 Å². The Bertz CT molecular complexity index is 555. The first-order valence-corrected chi connectivity index (χ1v) is 5.33. The fourth-order valence-corrected chi connectivity index (χ4v) is 1.82. The van der Waals surface area contributed by atoms with Crippen LogP contribution in [0.25, 0.3) is 10.9 Å². The number of hydrogen-bond acceptors (Lipinski definition) is 4. The topological polar surface area (TPSA) is 65.1 Å². The summed E-state index contributed by atoms with van der Waals surface area (Å²) in [5.74, 6) is 1.62. The fraction of sp³-hybridized carbons (Fsp3) is 0.273. The maximum Gasteiger partial charge on any atom is 0.197 e. The quantitative estimate of drug-likeness (QED) is 0.670. The molecule has 0 aliphatic carbocycles. The van der Waals surface area contributed by atoms with Crippen LogP contribution in [0, 0.1) is 6.92 Å². The lowest BCUT2D eigenvalue weighted by atomic mass is 10.2. The van der Waals surface area contributed by atoms with E-state index in [4.69, 9.17) is 0 Å². The van der Waals surface area contributed by atoms with Crippen molar-refractivity contribution < 1.29 is 0 Å². The zero-order valence-electron chi connectivity index (χ0n) is 9.04. The molecule has 0 amide bonds. The van der Waals surface area contributed by atoms with Gasteiger partial charge in [-0.1, -0.05) is 6.07 Å². The van der Waals surface area contributed by atoms with Gasteiger partial charge in [-0.05, 0) is 24.6 Å². The number of aromatic amines is 1. The van der Waals surface area contributed by atoms with Crippen molar-refractivity contribution in [2.75, 3.05) is 18.4 Å². The van der Waals surface area contributed by atoms with Crippen molar-refractivity contribution in [1.29, 1.82) is 0 Å². The molecular weight excluding hydrogens is 202 g/mol. The molecule has 1 aromatic heterocycles. The lowest BCUT2D eigenvalue weighted by Crippen LogP contribution is -2.26. The number of aryl methyl sites for hydroxylation is 1. The van der Waals surface area contributed by atoms with Crippen LogP contribution in [0.5, 0.6) is 0 Å². The first-order valence-electron chi connectivity index (χ1n) is 5.33. The van der Waals surface area contributed by atoms with E-state index < -0.39 is 0 Å². The summed E-state index contributed by atoms with van der Waals surface area (Å²) in [6, 6.07) is 6.22. The molecule has 0 bridgehead atoms. The summed E-state index contributed by atoms with van der Waals surface area (Å²) in [6.07, 6.45) is 0. The largest absolute Gasteiger partial charge is 0.354 e. The van der Waals surface area contributed by atoms with Crippen molar-refractivity contribution in [2.45, 2.75) is 6.92 Å². The van der Waals surface area contributed by atoms with Gasteiger partial charge in [0.25, 0.3) is 0 Å². The van der Waals surface area contributed by atoms with Crippen molar-refractivity contribution >= 4 is 22.7 Å². The zero-order valence-corrected chi connectivity index (χ0v) is 9.04. The summed E-state index contributed by atoms with van der Waals surface area (Å²) in [4.78, 5) is 4.28. The molecule has 0 radical (unpaired) electrons. The molecule has 0 atom stereocenters. The summed E-state index contributed by atoms with van der Waals surface area (Å²) in [6.45, 7) is 3.78. The molecule has 3 rings (SSSR count). The van der Waals surface area contributed by atoms with Crippen molar-refractivity contribution in [3.05, 3.63) is 23.8 Å². The smallest absolute Gasteiger partial charge is 0.197 e. The number of guanidine groups is 1. The van der Waals surface area contributed by atoms with Gasteiger partial charge in [-0.2, -0.15) is 5.10 Å². The molecule has 0 unspecified atom stereocenters. The third-order valence-electron chi connectivity index (χ3n) is 2.63. The normalized spacial score (nSPS) is 14.9. The van der Waals surface area contributed by atoms with E-state index in [0.717, 1.165) is 35.8 Å². The maximum atomic E-state index is 4.28. The summed E-state index contributed by atoms with van der Waals surface area (Å²) in [7, 11) is 0. The number of hydrogen-bond donors (Lipinski definition) is 3. The monoisotopic (exact) mass is 215 g/mol. The Morgan fingerprint density at radius 3 is 3.12 bits per heavy atom. The van der Waals surface area contributed by atoms with E-state index in [-0.39, 0.29) is 0 Å². The molecule has 2 aromatic rings. The van der Waals surface area contributed by atoms with Crippen LogP contribution < -0.4 is 10.6 Å². The Labute approximate surface area is 93.0 Å². The van der Waals surface area contributed by atoms with E-state index in [1.807, 2.05) is 0 Å². The van der Waals surface area contributed by atoms with Crippen LogP contribution in [-0.4, -0.2) is 29.2 Å². The molecule has 0 saturated carbocycles. The predicted molar refractivity (Wildman–Crippen MR) is 64.8 cm³/mol. The summed E-state index contributed by atoms with van der Waals surface area (Å²) in [5.41, 5.74) is 2.26. The van der Waals surface area contributed by atoms with E-state index in [1.54, 1.807) is 0 Å². The number of rotatable bonds is 1. The summed E-state index contributed by atoms with van der Waals surface area (Å²) < 4.78 is 0. The second kappa shape index (κ2) is 3.52. The van der Waals surface area contributed by atoms with Crippen LogP contribution >= 0.6 is 0 Å². The number of nitrogens with one attached hydrogen (secondary N) is 3. The van der Waals surface area contributed by atoms with Crippen molar-refractivity contribution in [3.8, 4) is 0 Å². The number of aromatic nitrogens is 2. The molecule has 5 heteroatoms. The summed E-state index contributed by atoms with van der Waals surface area (Å²) >= 11 is 0. The molecule has 2 heterocycles. The fourth-order valence-electron chi connectivity index (χ4n) is 1.82. The third kappa shape index (κ3) is 1.50. The number of H-pyrrole nitrogens is 1. The highest BCUT2D eigenvalue weighted by Gasteiger charge is 2.09. The van der Waals surface area contributed by atoms with Gasteiger partial charge in [0.2, 0.25) is 0 Å². The van der Waals surface area contributed by atoms with Crippen LogP contribution in [0.3, 0.4) is 0 Å². The van der Waals surface area contributed by atoms with E-state index in [1.165, 1.54) is 5.56 Å². The lowest BCUT2D eigenvalue weighted by molar-refractivity contribution is 0.958. The van der Waals surface area contributed by atoms with E-state index in [9.17, 15) is 0 Å². The van der Waals surface area contributed by atoms with Gasteiger partial charge < -0.3 is 10.6 Å². The Hall–Kier alpha value is -2.04. The number of nitrogens with zero attached hydrogens (tertiary/aromatic N) is 2. The molecule has 1 aromatic carbocycles. The minimum atomic E-state index is 0.800. The van der Waals surface area contributed by atoms with Crippen molar-refractivity contribution in [2.24, 2.45) is 4.99 Å². The van der Waals surface area contributed by atoms with Gasteiger partial charge in [0.1, 0.15) is 0 Å². The maximum absolute atomic E-state index is 4.28. The Morgan fingerprint density at radius 1 is 1.38 bits per heavy atom. The van der Waals surface area contributed by atoms with Crippen LogP contribution in [0.1, 0.15) is 5.56 Å². The van der Waals surface area contributed by atoms with Crippen molar-refractivity contribution in [1.82, 2.24) is 15.5 Å². The highest BCUT2D eigenvalue weighted by Crippen LogP contribution is 2.21. The third-order valence-corrected chi connectivity index (χ3v) is 2.63. The van der Waals surface area contributed by atoms with Gasteiger partial charge in [-0.3, -0.25) is 10.1 Å². The van der Waals surface area contributed by atoms with E-state index >= 15 is 0 Å². The molecule has 0 fully saturated rings. The Morgan fingerprint density at radius 2 is 2.31 bits per heavy atom. The second-order valence-corrected chi connectivity index (χ2v) is 3.90. The molecule has 82 valence electrons. The molecule has 5 nitrogen and oxygen atoms in total. The highest BCUT2D eigenvalue weighted by atomic mass is 15.3. The van der Waals surface area contributed by atoms with Gasteiger partial charge >= 0.3 is 0 Å². The van der Waals surface area contributed by atoms with E-state index in [0.29, 0.717) is 0 Å². The van der Waals surface area contributed by atoms with Gasteiger partial charge in [0.05, 0.1) is 12.1 Å². The predicted octanol–water partition coefficient (Wildman–Crippen LogP) is 1.24. The SMILES string of the molecule is Cc1ccc2c(NC3=NCCN3)n[nH]c2c1. The van der Waals surface area contributed by atoms with E-state index in [2.05, 4.69) is 50.9 Å². The minimum absolute atomic E-state index is 0.800. The first-order chi connectivity index (χ1) is 7.83. The molecular formula is C11H13N5. The minimum Gasteiger partial charge on any atom is -0.354 e. The van der Waals surface area contributed by atoms with Crippen LogP contribution in [0.2, 0.25) is 0 Å². The molecule has 0 spiro atoms. The van der Waals surface area contributed by atoms with Gasteiger partial charge in [-0.25, -0.2) is 0 Å². The number of benzene rings is 1. The van der Waals surface area contributed by atoms with Gasteiger partial charge in [-0.15, -0.1) is 0 Å². The van der Waals surface area contributed by atoms with Gasteiger partial charge in [0, 0.05) is 11.9 Å². The Kier molecular flexibility index (Phi) is 2.02. The lowest BCUT2D eigenvalue weighted by Gasteiger charge is -2.02.